The summed E-state index contributed by atoms with van der Waals surface area (Å²) >= 11 is 0. The van der Waals surface area contributed by atoms with Gasteiger partial charge in [-0.05, 0) is 26.7 Å². The normalized spacial score (nSPS) is 23.5. The van der Waals surface area contributed by atoms with Crippen LogP contribution in [-0.4, -0.2) is 41.0 Å². The van der Waals surface area contributed by atoms with E-state index in [4.69, 9.17) is 5.11 Å². The molecule has 1 fully saturated rings. The maximum atomic E-state index is 11.3. The molecule has 14 heavy (non-hydrogen) atoms. The zero-order valence-corrected chi connectivity index (χ0v) is 9.20. The monoisotopic (exact) mass is 199 g/mol. The van der Waals surface area contributed by atoms with Crippen LogP contribution >= 0.6 is 0 Å². The summed E-state index contributed by atoms with van der Waals surface area (Å²) in [6, 6.07) is 0.779. The van der Waals surface area contributed by atoms with E-state index in [0.29, 0.717) is 30.8 Å². The second kappa shape index (κ2) is 5.47. The van der Waals surface area contributed by atoms with Gasteiger partial charge in [-0.1, -0.05) is 0 Å². The zero-order valence-electron chi connectivity index (χ0n) is 9.20. The molecule has 1 aliphatic carbocycles. The van der Waals surface area contributed by atoms with Gasteiger partial charge < -0.3 is 5.11 Å². The van der Waals surface area contributed by atoms with Crippen molar-refractivity contribution in [1.29, 1.82) is 0 Å². The van der Waals surface area contributed by atoms with E-state index in [2.05, 4.69) is 18.7 Å². The molecule has 1 saturated carbocycles. The summed E-state index contributed by atoms with van der Waals surface area (Å²) in [6.45, 7) is 5.11. The third-order valence-electron chi connectivity index (χ3n) is 2.95. The minimum atomic E-state index is 0.183. The summed E-state index contributed by atoms with van der Waals surface area (Å²) in [6.07, 6.45) is 3.54. The van der Waals surface area contributed by atoms with Crippen molar-refractivity contribution in [3.05, 3.63) is 0 Å². The highest BCUT2D eigenvalue weighted by Crippen LogP contribution is 2.21. The van der Waals surface area contributed by atoms with Gasteiger partial charge in [0, 0.05) is 31.5 Å². The fourth-order valence-corrected chi connectivity index (χ4v) is 2.26. The van der Waals surface area contributed by atoms with Crippen LogP contribution in [0, 0.1) is 0 Å². The van der Waals surface area contributed by atoms with E-state index in [1.54, 1.807) is 0 Å². The van der Waals surface area contributed by atoms with Gasteiger partial charge in [0.1, 0.15) is 5.78 Å². The topological polar surface area (TPSA) is 40.5 Å². The van der Waals surface area contributed by atoms with Crippen molar-refractivity contribution >= 4 is 5.78 Å². The van der Waals surface area contributed by atoms with E-state index in [-0.39, 0.29) is 6.61 Å². The predicted octanol–water partition coefficient (Wildman–Crippen LogP) is 1.20. The summed E-state index contributed by atoms with van der Waals surface area (Å²) in [5.41, 5.74) is 0. The number of hydrogen-bond donors (Lipinski definition) is 1. The molecule has 0 aromatic carbocycles. The first-order valence-electron chi connectivity index (χ1n) is 5.53. The lowest BCUT2D eigenvalue weighted by atomic mass is 9.92. The lowest BCUT2D eigenvalue weighted by Crippen LogP contribution is -2.44. The third kappa shape index (κ3) is 3.07. The predicted molar refractivity (Wildman–Crippen MR) is 56.2 cm³/mol. The Morgan fingerprint density at radius 2 is 2.29 bits per heavy atom. The Balaban J connectivity index is 2.53. The molecule has 1 unspecified atom stereocenters. The van der Waals surface area contributed by atoms with Crippen molar-refractivity contribution in [3.63, 3.8) is 0 Å². The number of Topliss-reactive ketones (excluding diaryl/α,β-unsaturated/α-hetero) is 1. The quantitative estimate of drug-likeness (QED) is 0.739. The second-order valence-electron chi connectivity index (χ2n) is 4.34. The minimum absolute atomic E-state index is 0.183. The van der Waals surface area contributed by atoms with Crippen LogP contribution in [0.4, 0.5) is 0 Å². The van der Waals surface area contributed by atoms with Crippen molar-refractivity contribution < 1.29 is 9.90 Å². The first-order valence-corrected chi connectivity index (χ1v) is 5.53. The van der Waals surface area contributed by atoms with Crippen molar-refractivity contribution in [2.24, 2.45) is 0 Å². The molecule has 0 radical (unpaired) electrons. The zero-order chi connectivity index (χ0) is 10.6. The van der Waals surface area contributed by atoms with Crippen molar-refractivity contribution in [1.82, 2.24) is 4.90 Å². The van der Waals surface area contributed by atoms with Crippen molar-refractivity contribution in [2.45, 2.75) is 51.6 Å². The lowest BCUT2D eigenvalue weighted by Gasteiger charge is -2.36. The Bertz CT molecular complexity index is 192. The number of carbonyl (C=O) groups excluding carboxylic acids is 1. The van der Waals surface area contributed by atoms with E-state index in [0.717, 1.165) is 19.3 Å². The van der Waals surface area contributed by atoms with E-state index in [1.807, 2.05) is 0 Å². The Morgan fingerprint density at radius 1 is 1.57 bits per heavy atom. The number of ketones is 1. The average Bonchev–Trinajstić information content (AvgIpc) is 2.13. The van der Waals surface area contributed by atoms with Gasteiger partial charge in [0.15, 0.2) is 0 Å². The van der Waals surface area contributed by atoms with Crippen LogP contribution in [0.2, 0.25) is 0 Å². The van der Waals surface area contributed by atoms with Crippen LogP contribution in [0.5, 0.6) is 0 Å². The summed E-state index contributed by atoms with van der Waals surface area (Å²) < 4.78 is 0. The molecule has 3 heteroatoms. The summed E-state index contributed by atoms with van der Waals surface area (Å²) in [5, 5.41) is 8.96. The molecule has 0 amide bonds. The van der Waals surface area contributed by atoms with E-state index in [1.165, 1.54) is 0 Å². The third-order valence-corrected chi connectivity index (χ3v) is 2.95. The molecule has 1 aliphatic rings. The SMILES string of the molecule is CC(C)N(CCO)C1CCCC(=O)C1. The molecule has 82 valence electrons. The van der Waals surface area contributed by atoms with Gasteiger partial charge in [-0.25, -0.2) is 0 Å². The van der Waals surface area contributed by atoms with Crippen LogP contribution in [0.1, 0.15) is 39.5 Å². The van der Waals surface area contributed by atoms with Crippen LogP contribution in [-0.2, 0) is 4.79 Å². The van der Waals surface area contributed by atoms with Gasteiger partial charge in [-0.2, -0.15) is 0 Å². The molecule has 0 aromatic rings. The first kappa shape index (κ1) is 11.7. The van der Waals surface area contributed by atoms with Crippen LogP contribution in [0.15, 0.2) is 0 Å². The molecule has 0 heterocycles. The lowest BCUT2D eigenvalue weighted by molar-refractivity contribution is -0.122. The molecule has 1 N–H and O–H groups in total. The molecular weight excluding hydrogens is 178 g/mol. The van der Waals surface area contributed by atoms with E-state index >= 15 is 0 Å². The highest BCUT2D eigenvalue weighted by Gasteiger charge is 2.26. The maximum Gasteiger partial charge on any atom is 0.134 e. The van der Waals surface area contributed by atoms with E-state index in [9.17, 15) is 4.79 Å². The van der Waals surface area contributed by atoms with Gasteiger partial charge in [-0.3, -0.25) is 9.69 Å². The number of hydrogen-bond acceptors (Lipinski definition) is 3. The van der Waals surface area contributed by atoms with Crippen molar-refractivity contribution in [2.75, 3.05) is 13.2 Å². The molecule has 0 aromatic heterocycles. The molecule has 0 spiro atoms. The summed E-state index contributed by atoms with van der Waals surface area (Å²) in [5.74, 6) is 0.379. The molecular formula is C11H21NO2. The van der Waals surface area contributed by atoms with Crippen LogP contribution < -0.4 is 0 Å². The Morgan fingerprint density at radius 3 is 2.79 bits per heavy atom. The van der Waals surface area contributed by atoms with Gasteiger partial charge in [0.25, 0.3) is 0 Å². The molecule has 1 atom stereocenters. The Kier molecular flexibility index (Phi) is 4.55. The average molecular weight is 199 g/mol. The fraction of sp³-hybridized carbons (Fsp3) is 0.909. The number of aliphatic hydroxyl groups excluding tert-OH is 1. The van der Waals surface area contributed by atoms with Gasteiger partial charge in [0.2, 0.25) is 0 Å². The number of carbonyl (C=O) groups is 1. The summed E-state index contributed by atoms with van der Waals surface area (Å²) in [4.78, 5) is 13.6. The van der Waals surface area contributed by atoms with Crippen LogP contribution in [0.25, 0.3) is 0 Å². The van der Waals surface area contributed by atoms with Crippen molar-refractivity contribution in [3.8, 4) is 0 Å². The van der Waals surface area contributed by atoms with Crippen LogP contribution in [0.3, 0.4) is 0 Å². The smallest absolute Gasteiger partial charge is 0.134 e. The van der Waals surface area contributed by atoms with Gasteiger partial charge in [-0.15, -0.1) is 0 Å². The molecule has 0 saturated heterocycles. The maximum absolute atomic E-state index is 11.3. The molecule has 0 bridgehead atoms. The summed E-state index contributed by atoms with van der Waals surface area (Å²) in [7, 11) is 0. The number of aliphatic hydroxyl groups is 1. The number of rotatable bonds is 4. The van der Waals surface area contributed by atoms with Gasteiger partial charge >= 0.3 is 0 Å². The fourth-order valence-electron chi connectivity index (χ4n) is 2.26. The largest absolute Gasteiger partial charge is 0.395 e. The Hall–Kier alpha value is -0.410. The first-order chi connectivity index (χ1) is 6.65. The standard InChI is InChI=1S/C11H21NO2/c1-9(2)12(6-7-13)10-4-3-5-11(14)8-10/h9-10,13H,3-8H2,1-2H3. The highest BCUT2D eigenvalue weighted by atomic mass is 16.3. The molecule has 1 rings (SSSR count). The Labute approximate surface area is 86.1 Å². The molecule has 0 aliphatic heterocycles. The molecule has 3 nitrogen and oxygen atoms in total. The second-order valence-corrected chi connectivity index (χ2v) is 4.34. The number of nitrogens with zero attached hydrogens (tertiary/aromatic N) is 1. The van der Waals surface area contributed by atoms with Gasteiger partial charge in [0.05, 0.1) is 6.61 Å². The van der Waals surface area contributed by atoms with E-state index < -0.39 is 0 Å². The highest BCUT2D eigenvalue weighted by molar-refractivity contribution is 5.79. The minimum Gasteiger partial charge on any atom is -0.395 e.